The molecule has 1 aromatic rings. The minimum atomic E-state index is -3.49. The van der Waals surface area contributed by atoms with Gasteiger partial charge in [0.25, 0.3) is 0 Å². The van der Waals surface area contributed by atoms with Crippen molar-refractivity contribution in [3.63, 3.8) is 0 Å². The first-order valence-corrected chi connectivity index (χ1v) is 7.89. The maximum absolute atomic E-state index is 12.0. The lowest BCUT2D eigenvalue weighted by Gasteiger charge is -2.13. The Morgan fingerprint density at radius 1 is 1.44 bits per heavy atom. The lowest BCUT2D eigenvalue weighted by molar-refractivity contribution is -0.118. The number of carbonyl (C=O) groups is 1. The SMILES string of the molecule is CC(C(=O)C(C#N)c1cccc(Br)c1)S(C)(=O)=O. The first-order chi connectivity index (χ1) is 8.27. The summed E-state index contributed by atoms with van der Waals surface area (Å²) in [6.07, 6.45) is 0.991. The highest BCUT2D eigenvalue weighted by Crippen LogP contribution is 2.23. The summed E-state index contributed by atoms with van der Waals surface area (Å²) < 4.78 is 23.4. The van der Waals surface area contributed by atoms with Crippen molar-refractivity contribution in [2.75, 3.05) is 6.26 Å². The van der Waals surface area contributed by atoms with Crippen molar-refractivity contribution in [2.45, 2.75) is 18.1 Å². The van der Waals surface area contributed by atoms with Gasteiger partial charge in [0.2, 0.25) is 0 Å². The number of nitrogens with zero attached hydrogens (tertiary/aromatic N) is 1. The van der Waals surface area contributed by atoms with Gasteiger partial charge in [0, 0.05) is 10.7 Å². The Morgan fingerprint density at radius 3 is 2.50 bits per heavy atom. The average molecular weight is 330 g/mol. The highest BCUT2D eigenvalue weighted by Gasteiger charge is 2.31. The van der Waals surface area contributed by atoms with Crippen molar-refractivity contribution >= 4 is 31.6 Å². The number of carbonyl (C=O) groups excluding carboxylic acids is 1. The average Bonchev–Trinajstić information content (AvgIpc) is 2.27. The van der Waals surface area contributed by atoms with E-state index >= 15 is 0 Å². The summed E-state index contributed by atoms with van der Waals surface area (Å²) in [6, 6.07) is 8.60. The molecule has 0 aliphatic heterocycles. The smallest absolute Gasteiger partial charge is 0.172 e. The van der Waals surface area contributed by atoms with Crippen LogP contribution in [0.3, 0.4) is 0 Å². The number of hydrogen-bond donors (Lipinski definition) is 0. The van der Waals surface area contributed by atoms with E-state index in [9.17, 15) is 13.2 Å². The molecule has 0 saturated carbocycles. The quantitative estimate of drug-likeness (QED) is 0.847. The summed E-state index contributed by atoms with van der Waals surface area (Å²) in [5.74, 6) is -1.66. The van der Waals surface area contributed by atoms with Crippen LogP contribution in [0.15, 0.2) is 28.7 Å². The topological polar surface area (TPSA) is 75.0 Å². The van der Waals surface area contributed by atoms with Crippen LogP contribution < -0.4 is 0 Å². The predicted octanol–water partition coefficient (Wildman–Crippen LogP) is 2.06. The van der Waals surface area contributed by atoms with E-state index in [0.717, 1.165) is 10.7 Å². The number of nitriles is 1. The van der Waals surface area contributed by atoms with Crippen molar-refractivity contribution < 1.29 is 13.2 Å². The predicted molar refractivity (Wildman–Crippen MR) is 71.8 cm³/mol. The first kappa shape index (κ1) is 14.9. The molecule has 4 nitrogen and oxygen atoms in total. The maximum Gasteiger partial charge on any atom is 0.172 e. The van der Waals surface area contributed by atoms with E-state index in [0.29, 0.717) is 5.56 Å². The number of sulfone groups is 1. The summed E-state index contributed by atoms with van der Waals surface area (Å²) in [5, 5.41) is 7.89. The van der Waals surface area contributed by atoms with Gasteiger partial charge in [-0.2, -0.15) is 5.26 Å². The third kappa shape index (κ3) is 3.40. The largest absolute Gasteiger partial charge is 0.296 e. The Kier molecular flexibility index (Phi) is 4.65. The van der Waals surface area contributed by atoms with Gasteiger partial charge in [-0.1, -0.05) is 28.1 Å². The minimum Gasteiger partial charge on any atom is -0.296 e. The van der Waals surface area contributed by atoms with Crippen molar-refractivity contribution in [3.8, 4) is 6.07 Å². The fourth-order valence-electron chi connectivity index (χ4n) is 1.43. The molecule has 2 unspecified atom stereocenters. The number of ketones is 1. The van der Waals surface area contributed by atoms with Crippen molar-refractivity contribution in [1.29, 1.82) is 5.26 Å². The molecule has 2 atom stereocenters. The normalized spacial score (nSPS) is 14.6. The number of hydrogen-bond acceptors (Lipinski definition) is 4. The van der Waals surface area contributed by atoms with Crippen molar-refractivity contribution in [1.82, 2.24) is 0 Å². The molecule has 0 N–H and O–H groups in total. The van der Waals surface area contributed by atoms with Crippen molar-refractivity contribution in [3.05, 3.63) is 34.3 Å². The molecule has 0 heterocycles. The van der Waals surface area contributed by atoms with E-state index in [2.05, 4.69) is 15.9 Å². The Hall–Kier alpha value is -1.19. The Balaban J connectivity index is 3.14. The van der Waals surface area contributed by atoms with Crippen LogP contribution in [0, 0.1) is 11.3 Å². The van der Waals surface area contributed by atoms with Crippen LogP contribution in [0.5, 0.6) is 0 Å². The Bertz CT molecular complexity index is 604. The van der Waals surface area contributed by atoms with E-state index in [4.69, 9.17) is 5.26 Å². The molecule has 0 aliphatic rings. The fourth-order valence-corrected chi connectivity index (χ4v) is 2.41. The van der Waals surface area contributed by atoms with Gasteiger partial charge in [-0.15, -0.1) is 0 Å². The van der Waals surface area contributed by atoms with Gasteiger partial charge in [-0.3, -0.25) is 4.79 Å². The zero-order valence-corrected chi connectivity index (χ0v) is 12.3. The molecular weight excluding hydrogens is 318 g/mol. The minimum absolute atomic E-state index is 0.493. The molecule has 0 bridgehead atoms. The molecule has 0 aliphatic carbocycles. The summed E-state index contributed by atoms with van der Waals surface area (Å²) in [5.41, 5.74) is 0.493. The molecule has 0 saturated heterocycles. The fraction of sp³-hybridized carbons (Fsp3) is 0.333. The zero-order valence-electron chi connectivity index (χ0n) is 9.92. The van der Waals surface area contributed by atoms with Crippen LogP contribution in [0.2, 0.25) is 0 Å². The zero-order chi connectivity index (χ0) is 13.9. The summed E-state index contributed by atoms with van der Waals surface area (Å²) in [4.78, 5) is 12.0. The molecule has 1 aromatic carbocycles. The molecule has 0 spiro atoms. The Morgan fingerprint density at radius 2 is 2.06 bits per heavy atom. The molecule has 0 amide bonds. The molecule has 18 heavy (non-hydrogen) atoms. The molecular formula is C12H12BrNO3S. The lowest BCUT2D eigenvalue weighted by atomic mass is 9.95. The van der Waals surface area contributed by atoms with Crippen LogP contribution >= 0.6 is 15.9 Å². The van der Waals surface area contributed by atoms with E-state index in [1.807, 2.05) is 6.07 Å². The lowest BCUT2D eigenvalue weighted by Crippen LogP contribution is -2.30. The monoisotopic (exact) mass is 329 g/mol. The second kappa shape index (κ2) is 5.63. The van der Waals surface area contributed by atoms with E-state index in [1.54, 1.807) is 24.3 Å². The second-order valence-electron chi connectivity index (χ2n) is 3.99. The summed E-state index contributed by atoms with van der Waals surface area (Å²) in [7, 11) is -3.49. The van der Waals surface area contributed by atoms with Crippen LogP contribution in [0.4, 0.5) is 0 Å². The molecule has 1 rings (SSSR count). The molecule has 0 fully saturated rings. The van der Waals surface area contributed by atoms with Gasteiger partial charge < -0.3 is 0 Å². The van der Waals surface area contributed by atoms with Gasteiger partial charge >= 0.3 is 0 Å². The van der Waals surface area contributed by atoms with E-state index in [1.165, 1.54) is 6.92 Å². The van der Waals surface area contributed by atoms with Gasteiger partial charge in [0.15, 0.2) is 15.6 Å². The first-order valence-electron chi connectivity index (χ1n) is 5.15. The van der Waals surface area contributed by atoms with Crippen LogP contribution in [0.1, 0.15) is 18.4 Å². The standard InChI is InChI=1S/C12H12BrNO3S/c1-8(18(2,16)17)12(15)11(7-14)9-4-3-5-10(13)6-9/h3-6,8,11H,1-2H3. The second-order valence-corrected chi connectivity index (χ2v) is 7.27. The van der Waals surface area contributed by atoms with Gasteiger partial charge in [-0.25, -0.2) is 8.42 Å². The molecule has 6 heteroatoms. The van der Waals surface area contributed by atoms with Crippen LogP contribution in [-0.4, -0.2) is 25.7 Å². The van der Waals surface area contributed by atoms with Gasteiger partial charge in [-0.05, 0) is 24.6 Å². The third-order valence-corrected chi connectivity index (χ3v) is 4.65. The van der Waals surface area contributed by atoms with E-state index in [-0.39, 0.29) is 0 Å². The number of benzene rings is 1. The van der Waals surface area contributed by atoms with E-state index < -0.39 is 26.8 Å². The van der Waals surface area contributed by atoms with Crippen LogP contribution in [-0.2, 0) is 14.6 Å². The third-order valence-electron chi connectivity index (χ3n) is 2.64. The van der Waals surface area contributed by atoms with Gasteiger partial charge in [0.05, 0.1) is 6.07 Å². The molecule has 96 valence electrons. The maximum atomic E-state index is 12.0. The highest BCUT2D eigenvalue weighted by molar-refractivity contribution is 9.10. The van der Waals surface area contributed by atoms with Crippen LogP contribution in [0.25, 0.3) is 0 Å². The number of rotatable bonds is 4. The van der Waals surface area contributed by atoms with Gasteiger partial charge in [0.1, 0.15) is 11.2 Å². The highest BCUT2D eigenvalue weighted by atomic mass is 79.9. The number of Topliss-reactive ketones (excluding diaryl/α,β-unsaturated/α-hetero) is 1. The summed E-state index contributed by atoms with van der Waals surface area (Å²) in [6.45, 7) is 1.31. The Labute approximate surface area is 115 Å². The summed E-state index contributed by atoms with van der Waals surface area (Å²) >= 11 is 3.25. The molecule has 0 radical (unpaired) electrons. The molecule has 0 aromatic heterocycles. The number of halogens is 1. The van der Waals surface area contributed by atoms with Crippen molar-refractivity contribution in [2.24, 2.45) is 0 Å².